The van der Waals surface area contributed by atoms with Gasteiger partial charge in [-0.1, -0.05) is 102 Å². The number of benzene rings is 9. The Morgan fingerprint density at radius 1 is 0.412 bits per heavy atom. The SMILES string of the molecule is CC(C)(C)c1ccc2c(c1)c1cc(C(C)(C)C)cc3c1n2-c1cc(-n2c4ccc5cccc6c5c4c4c5c(ccc42)oc2cccc-6c25)cc2c1B3c1cc(C34CC5CC(CC(C5)C3)C4)cc3c4cc(C56CC7CC(CC(C7)C5)C6)ccc4n-2c13. The van der Waals surface area contributed by atoms with Gasteiger partial charge in [0.1, 0.15) is 11.2 Å². The molecule has 4 aromatic heterocycles. The summed E-state index contributed by atoms with van der Waals surface area (Å²) in [6, 6.07) is 55.0. The van der Waals surface area contributed by atoms with Crippen molar-refractivity contribution in [2.45, 2.75) is 140 Å². The number of fused-ring (bicyclic) bond motifs is 11. The Kier molecular flexibility index (Phi) is 8.16. The smallest absolute Gasteiger partial charge is 0.252 e. The van der Waals surface area contributed by atoms with Gasteiger partial charge in [-0.15, -0.1) is 0 Å². The number of aromatic nitrogens is 3. The van der Waals surface area contributed by atoms with E-state index in [1.807, 2.05) is 0 Å². The summed E-state index contributed by atoms with van der Waals surface area (Å²) in [5.74, 6) is 5.28. The Hall–Kier alpha value is -7.50. The van der Waals surface area contributed by atoms with E-state index >= 15 is 0 Å². The Bertz CT molecular complexity index is 5290. The average molecular weight is 1100 g/mol. The van der Waals surface area contributed by atoms with Gasteiger partial charge in [0.25, 0.3) is 6.71 Å². The third-order valence-corrected chi connectivity index (χ3v) is 25.3. The molecule has 11 aliphatic rings. The van der Waals surface area contributed by atoms with E-state index in [-0.39, 0.29) is 23.0 Å². The second-order valence-corrected chi connectivity index (χ2v) is 32.1. The number of hydrogen-bond acceptors (Lipinski definition) is 1. The van der Waals surface area contributed by atoms with E-state index in [9.17, 15) is 0 Å². The largest absolute Gasteiger partial charge is 0.456 e. The van der Waals surface area contributed by atoms with Crippen molar-refractivity contribution in [3.8, 4) is 28.2 Å². The van der Waals surface area contributed by atoms with Crippen molar-refractivity contribution in [2.24, 2.45) is 35.5 Å². The summed E-state index contributed by atoms with van der Waals surface area (Å²) < 4.78 is 15.1. The molecule has 0 radical (unpaired) electrons. The zero-order valence-electron chi connectivity index (χ0n) is 50.0. The first-order chi connectivity index (χ1) is 41.2. The van der Waals surface area contributed by atoms with Crippen LogP contribution < -0.4 is 16.4 Å². The van der Waals surface area contributed by atoms with E-state index < -0.39 is 0 Å². The molecule has 0 amide bonds. The third kappa shape index (κ3) is 5.64. The number of hydrogen-bond donors (Lipinski definition) is 0. The molecular formula is C80H70BN3O. The van der Waals surface area contributed by atoms with Crippen molar-refractivity contribution in [3.63, 3.8) is 0 Å². The molecule has 85 heavy (non-hydrogen) atoms. The molecule has 8 bridgehead atoms. The molecule has 414 valence electrons. The van der Waals surface area contributed by atoms with Crippen molar-refractivity contribution in [1.29, 1.82) is 0 Å². The molecule has 0 spiro atoms. The normalized spacial score (nSPS) is 26.4. The molecule has 0 saturated heterocycles. The lowest BCUT2D eigenvalue weighted by atomic mass is 9.33. The van der Waals surface area contributed by atoms with Gasteiger partial charge in [-0.25, -0.2) is 0 Å². The maximum absolute atomic E-state index is 6.85. The van der Waals surface area contributed by atoms with Crippen molar-refractivity contribution in [3.05, 3.63) is 156 Å². The van der Waals surface area contributed by atoms with Gasteiger partial charge in [0.2, 0.25) is 0 Å². The lowest BCUT2D eigenvalue weighted by Gasteiger charge is -2.57. The quantitative estimate of drug-likeness (QED) is 0.162. The van der Waals surface area contributed by atoms with E-state index in [1.54, 1.807) is 16.6 Å². The molecule has 9 aliphatic carbocycles. The molecule has 8 fully saturated rings. The van der Waals surface area contributed by atoms with Gasteiger partial charge in [0.05, 0.1) is 27.8 Å². The lowest BCUT2D eigenvalue weighted by molar-refractivity contribution is -0.00526. The highest BCUT2D eigenvalue weighted by molar-refractivity contribution is 7.00. The first-order valence-electron chi connectivity index (χ1n) is 33.0. The highest BCUT2D eigenvalue weighted by Crippen LogP contribution is 2.63. The van der Waals surface area contributed by atoms with Crippen molar-refractivity contribution in [2.75, 3.05) is 0 Å². The van der Waals surface area contributed by atoms with Gasteiger partial charge in [-0.05, 0) is 268 Å². The van der Waals surface area contributed by atoms with Crippen molar-refractivity contribution >= 4 is 121 Å². The Morgan fingerprint density at radius 2 is 0.918 bits per heavy atom. The Labute approximate surface area is 496 Å². The van der Waals surface area contributed by atoms with Crippen LogP contribution in [0, 0.1) is 35.5 Å². The molecule has 4 nitrogen and oxygen atoms in total. The average Bonchev–Trinajstić information content (AvgIpc) is 1.63. The standard InChI is InChI=1S/C80H70BN3O/c1-77(2,3)48-14-17-61-55(27-48)57-29-50(78(4,5)6)31-59-75(57)83(61)65-33-52(82-63-16-13-47-9-7-10-53-54-11-8-12-67-70(54)73-68(85-67)20-19-64(82)72(73)71(63)69(47)53)34-66-74(65)81(59)60-32-51(80-38-44-24-45(39-80)26-46(25-44)40-80)30-58-56-28-49(15-18-62(56)84(66)76(58)60)79-35-41-21-42(36-79)23-43(22-41)37-79/h7-20,27-34,41-46H,21-26,35-40H2,1-6H3. The summed E-state index contributed by atoms with van der Waals surface area (Å²) in [6.07, 6.45) is 17.0. The molecule has 5 heteroatoms. The highest BCUT2D eigenvalue weighted by Gasteiger charge is 2.54. The summed E-state index contributed by atoms with van der Waals surface area (Å²) in [5.41, 5.74) is 27.4. The van der Waals surface area contributed by atoms with Gasteiger partial charge in [-0.2, -0.15) is 0 Å². The minimum Gasteiger partial charge on any atom is -0.456 e. The van der Waals surface area contributed by atoms with Gasteiger partial charge in [-0.3, -0.25) is 0 Å². The number of nitrogens with zero attached hydrogens (tertiary/aromatic N) is 3. The van der Waals surface area contributed by atoms with Crippen LogP contribution in [0.2, 0.25) is 0 Å². The van der Waals surface area contributed by atoms with Crippen LogP contribution in [0.5, 0.6) is 0 Å². The molecular weight excluding hydrogens is 1030 g/mol. The molecule has 2 aliphatic heterocycles. The molecule has 9 aromatic carbocycles. The van der Waals surface area contributed by atoms with Crippen LogP contribution in [-0.2, 0) is 21.7 Å². The first-order valence-corrected chi connectivity index (χ1v) is 33.0. The molecule has 6 heterocycles. The van der Waals surface area contributed by atoms with Crippen LogP contribution in [0.4, 0.5) is 0 Å². The molecule has 24 rings (SSSR count). The minimum absolute atomic E-state index is 0.00391. The molecule has 8 saturated carbocycles. The number of furan rings is 1. The lowest BCUT2D eigenvalue weighted by Crippen LogP contribution is -2.60. The van der Waals surface area contributed by atoms with Gasteiger partial charge >= 0.3 is 0 Å². The highest BCUT2D eigenvalue weighted by atomic mass is 16.3. The molecule has 13 aromatic rings. The van der Waals surface area contributed by atoms with Crippen molar-refractivity contribution < 1.29 is 4.42 Å². The van der Waals surface area contributed by atoms with Crippen molar-refractivity contribution in [1.82, 2.24) is 13.7 Å². The predicted molar refractivity (Wildman–Crippen MR) is 355 cm³/mol. The second kappa shape index (κ2) is 14.8. The van der Waals surface area contributed by atoms with E-state index in [2.05, 4.69) is 189 Å². The van der Waals surface area contributed by atoms with E-state index in [1.165, 1.54) is 214 Å². The van der Waals surface area contributed by atoms with Gasteiger partial charge in [0, 0.05) is 65.5 Å². The fourth-order valence-electron chi connectivity index (χ4n) is 22.6. The van der Waals surface area contributed by atoms with Crippen LogP contribution in [0.15, 0.2) is 138 Å². The van der Waals surface area contributed by atoms with Gasteiger partial charge in [0.15, 0.2) is 0 Å². The summed E-state index contributed by atoms with van der Waals surface area (Å²) >= 11 is 0. The summed E-state index contributed by atoms with van der Waals surface area (Å²) in [5, 5.41) is 13.5. The van der Waals surface area contributed by atoms with Crippen LogP contribution in [-0.4, -0.2) is 20.4 Å². The Morgan fingerprint density at radius 3 is 1.56 bits per heavy atom. The van der Waals surface area contributed by atoms with Crippen LogP contribution >= 0.6 is 0 Å². The van der Waals surface area contributed by atoms with Gasteiger partial charge < -0.3 is 18.1 Å². The van der Waals surface area contributed by atoms with Crippen LogP contribution in [0.25, 0.3) is 126 Å². The minimum atomic E-state index is -0.0586. The zero-order valence-corrected chi connectivity index (χ0v) is 50.0. The maximum Gasteiger partial charge on any atom is 0.252 e. The Balaban J connectivity index is 0.912. The number of rotatable bonds is 3. The monoisotopic (exact) mass is 1100 g/mol. The fraction of sp³-hybridized carbons (Fsp3) is 0.350. The van der Waals surface area contributed by atoms with E-state index in [0.29, 0.717) is 5.41 Å². The third-order valence-electron chi connectivity index (χ3n) is 25.3. The van der Waals surface area contributed by atoms with E-state index in [0.717, 1.165) is 46.7 Å². The molecule has 0 N–H and O–H groups in total. The topological polar surface area (TPSA) is 27.9 Å². The van der Waals surface area contributed by atoms with E-state index in [4.69, 9.17) is 4.42 Å². The zero-order chi connectivity index (χ0) is 55.8. The predicted octanol–water partition coefficient (Wildman–Crippen LogP) is 18.7. The maximum atomic E-state index is 6.85. The summed E-state index contributed by atoms with van der Waals surface area (Å²) in [4.78, 5) is 0. The molecule has 0 atom stereocenters. The second-order valence-electron chi connectivity index (χ2n) is 32.1. The summed E-state index contributed by atoms with van der Waals surface area (Å²) in [6.45, 7) is 14.5. The van der Waals surface area contributed by atoms with Crippen LogP contribution in [0.3, 0.4) is 0 Å². The molecule has 0 unspecified atom stereocenters. The first kappa shape index (κ1) is 46.8. The van der Waals surface area contributed by atoms with Crippen LogP contribution in [0.1, 0.15) is 141 Å². The fourth-order valence-corrected chi connectivity index (χ4v) is 22.6. The summed E-state index contributed by atoms with van der Waals surface area (Å²) in [7, 11) is 0.